The standard InChI is InChI=1S/C20H30O4/c1-2-18(21)19(22)16-14-12-10-8-6-4-3-5-7-9-11-13-15-17-20(23)24/h3,5-6,8-12,14,16,18-19,21-22H,2,4,7,13,15,17H2,1H3,(H,23,24)/b5-3-,8-6-,11-9-,12-10+,16-14+/t18-,19-/m1/s1. The van der Waals surface area contributed by atoms with Gasteiger partial charge in [0.2, 0.25) is 0 Å². The summed E-state index contributed by atoms with van der Waals surface area (Å²) in [6, 6.07) is 0. The van der Waals surface area contributed by atoms with Crippen LogP contribution in [0.1, 0.15) is 45.4 Å². The minimum absolute atomic E-state index is 0.228. The lowest BCUT2D eigenvalue weighted by Gasteiger charge is -2.10. The van der Waals surface area contributed by atoms with E-state index < -0.39 is 18.2 Å². The van der Waals surface area contributed by atoms with Crippen molar-refractivity contribution in [2.75, 3.05) is 0 Å². The molecule has 0 bridgehead atoms. The van der Waals surface area contributed by atoms with Crippen molar-refractivity contribution >= 4 is 5.97 Å². The van der Waals surface area contributed by atoms with E-state index >= 15 is 0 Å². The minimum atomic E-state index is -0.816. The van der Waals surface area contributed by atoms with Gasteiger partial charge in [-0.25, -0.2) is 0 Å². The van der Waals surface area contributed by atoms with Gasteiger partial charge in [0.25, 0.3) is 0 Å². The SMILES string of the molecule is CC[C@@H](O)[C@H](O)/C=C/C=C/C=C\C/C=C\C/C=C\CCCC(=O)O. The van der Waals surface area contributed by atoms with Crippen LogP contribution in [0.5, 0.6) is 0 Å². The molecular weight excluding hydrogens is 304 g/mol. The number of aliphatic carboxylic acids is 1. The molecule has 0 aliphatic rings. The number of aliphatic hydroxyl groups excluding tert-OH is 2. The van der Waals surface area contributed by atoms with Crippen LogP contribution in [-0.4, -0.2) is 33.5 Å². The van der Waals surface area contributed by atoms with Gasteiger partial charge in [0, 0.05) is 6.42 Å². The maximum atomic E-state index is 10.3. The second-order valence-electron chi connectivity index (χ2n) is 5.36. The third-order valence-corrected chi connectivity index (χ3v) is 3.23. The van der Waals surface area contributed by atoms with Crippen molar-refractivity contribution < 1.29 is 20.1 Å². The van der Waals surface area contributed by atoms with Crippen LogP contribution in [0, 0.1) is 0 Å². The molecule has 134 valence electrons. The summed E-state index contributed by atoms with van der Waals surface area (Å²) in [4.78, 5) is 10.3. The number of carboxylic acids is 1. The number of allylic oxidation sites excluding steroid dienone is 9. The lowest BCUT2D eigenvalue weighted by atomic mass is 10.1. The summed E-state index contributed by atoms with van der Waals surface area (Å²) in [5, 5.41) is 27.4. The van der Waals surface area contributed by atoms with Gasteiger partial charge in [0.1, 0.15) is 0 Å². The first-order valence-electron chi connectivity index (χ1n) is 8.45. The Hall–Kier alpha value is -1.91. The van der Waals surface area contributed by atoms with Crippen molar-refractivity contribution in [2.24, 2.45) is 0 Å². The van der Waals surface area contributed by atoms with Crippen molar-refractivity contribution in [3.8, 4) is 0 Å². The summed E-state index contributed by atoms with van der Waals surface area (Å²) in [7, 11) is 0. The average molecular weight is 334 g/mol. The van der Waals surface area contributed by atoms with Crippen LogP contribution in [0.15, 0.2) is 60.8 Å². The molecule has 0 rings (SSSR count). The number of aliphatic hydroxyl groups is 2. The topological polar surface area (TPSA) is 77.8 Å². The molecule has 24 heavy (non-hydrogen) atoms. The lowest BCUT2D eigenvalue weighted by molar-refractivity contribution is -0.137. The molecule has 0 fully saturated rings. The highest BCUT2D eigenvalue weighted by molar-refractivity contribution is 5.66. The van der Waals surface area contributed by atoms with Gasteiger partial charge in [-0.2, -0.15) is 0 Å². The molecule has 0 radical (unpaired) electrons. The molecular formula is C20H30O4. The normalized spacial score (nSPS) is 15.5. The fourth-order valence-corrected chi connectivity index (χ4v) is 1.77. The van der Waals surface area contributed by atoms with Crippen LogP contribution in [-0.2, 0) is 4.79 Å². The van der Waals surface area contributed by atoms with E-state index in [0.29, 0.717) is 12.8 Å². The zero-order chi connectivity index (χ0) is 18.0. The number of unbranched alkanes of at least 4 members (excludes halogenated alkanes) is 1. The molecule has 0 aromatic heterocycles. The molecule has 4 heteroatoms. The summed E-state index contributed by atoms with van der Waals surface area (Å²) >= 11 is 0. The van der Waals surface area contributed by atoms with Crippen molar-refractivity contribution in [3.63, 3.8) is 0 Å². The highest BCUT2D eigenvalue weighted by Crippen LogP contribution is 2.00. The maximum Gasteiger partial charge on any atom is 0.303 e. The van der Waals surface area contributed by atoms with Crippen LogP contribution in [0.2, 0.25) is 0 Å². The molecule has 0 aromatic rings. The molecule has 0 unspecified atom stereocenters. The molecule has 0 aliphatic carbocycles. The number of carboxylic acid groups (broad SMARTS) is 1. The van der Waals surface area contributed by atoms with Crippen LogP contribution in [0.3, 0.4) is 0 Å². The summed E-state index contributed by atoms with van der Waals surface area (Å²) in [5.74, 6) is -0.741. The Morgan fingerprint density at radius 3 is 2.21 bits per heavy atom. The van der Waals surface area contributed by atoms with Crippen molar-refractivity contribution in [1.82, 2.24) is 0 Å². The maximum absolute atomic E-state index is 10.3. The number of hydrogen-bond donors (Lipinski definition) is 3. The largest absolute Gasteiger partial charge is 0.481 e. The smallest absolute Gasteiger partial charge is 0.303 e. The Morgan fingerprint density at radius 2 is 1.54 bits per heavy atom. The predicted octanol–water partition coefficient (Wildman–Crippen LogP) is 3.93. The first-order chi connectivity index (χ1) is 11.6. The fourth-order valence-electron chi connectivity index (χ4n) is 1.77. The van der Waals surface area contributed by atoms with E-state index in [9.17, 15) is 15.0 Å². The molecule has 0 spiro atoms. The van der Waals surface area contributed by atoms with E-state index in [2.05, 4.69) is 12.2 Å². The van der Waals surface area contributed by atoms with Crippen molar-refractivity contribution in [1.29, 1.82) is 0 Å². The van der Waals surface area contributed by atoms with E-state index in [4.69, 9.17) is 5.11 Å². The zero-order valence-electron chi connectivity index (χ0n) is 14.4. The lowest BCUT2D eigenvalue weighted by Crippen LogP contribution is -2.22. The summed E-state index contributed by atoms with van der Waals surface area (Å²) in [6.45, 7) is 1.82. The van der Waals surface area contributed by atoms with Gasteiger partial charge < -0.3 is 15.3 Å². The Morgan fingerprint density at radius 1 is 0.917 bits per heavy atom. The van der Waals surface area contributed by atoms with E-state index in [0.717, 1.165) is 19.3 Å². The highest BCUT2D eigenvalue weighted by atomic mass is 16.4. The molecule has 0 aliphatic heterocycles. The van der Waals surface area contributed by atoms with E-state index in [1.165, 1.54) is 0 Å². The van der Waals surface area contributed by atoms with Crippen LogP contribution in [0.25, 0.3) is 0 Å². The zero-order valence-corrected chi connectivity index (χ0v) is 14.4. The predicted molar refractivity (Wildman–Crippen MR) is 98.7 cm³/mol. The molecule has 0 aromatic carbocycles. The van der Waals surface area contributed by atoms with Gasteiger partial charge in [-0.05, 0) is 32.1 Å². The van der Waals surface area contributed by atoms with Crippen LogP contribution in [0.4, 0.5) is 0 Å². The van der Waals surface area contributed by atoms with Gasteiger partial charge in [0.05, 0.1) is 12.2 Å². The summed E-state index contributed by atoms with van der Waals surface area (Å²) < 4.78 is 0. The molecule has 0 heterocycles. The number of carbonyl (C=O) groups is 1. The van der Waals surface area contributed by atoms with Crippen LogP contribution >= 0.6 is 0 Å². The third-order valence-electron chi connectivity index (χ3n) is 3.23. The molecule has 0 saturated heterocycles. The van der Waals surface area contributed by atoms with E-state index in [1.54, 1.807) is 12.2 Å². The van der Waals surface area contributed by atoms with Gasteiger partial charge in [0.15, 0.2) is 0 Å². The monoisotopic (exact) mass is 334 g/mol. The quantitative estimate of drug-likeness (QED) is 0.271. The number of hydrogen-bond acceptors (Lipinski definition) is 3. The molecule has 3 N–H and O–H groups in total. The molecule has 0 saturated carbocycles. The van der Waals surface area contributed by atoms with E-state index in [-0.39, 0.29) is 6.42 Å². The van der Waals surface area contributed by atoms with E-state index in [1.807, 2.05) is 43.4 Å². The Kier molecular flexibility index (Phi) is 14.7. The summed E-state index contributed by atoms with van der Waals surface area (Å²) in [6.07, 6.45) is 21.6. The number of rotatable bonds is 13. The minimum Gasteiger partial charge on any atom is -0.481 e. The Labute approximate surface area is 145 Å². The van der Waals surface area contributed by atoms with Gasteiger partial charge >= 0.3 is 5.97 Å². The van der Waals surface area contributed by atoms with Gasteiger partial charge in [-0.1, -0.05) is 67.7 Å². The molecule has 4 nitrogen and oxygen atoms in total. The van der Waals surface area contributed by atoms with Crippen molar-refractivity contribution in [3.05, 3.63) is 60.8 Å². The first-order valence-corrected chi connectivity index (χ1v) is 8.45. The summed E-state index contributed by atoms with van der Waals surface area (Å²) in [5.41, 5.74) is 0. The fraction of sp³-hybridized carbons (Fsp3) is 0.450. The Balaban J connectivity index is 3.70. The molecule has 0 amide bonds. The third kappa shape index (κ3) is 15.0. The Bertz CT molecular complexity index is 458. The second kappa shape index (κ2) is 16.0. The first kappa shape index (κ1) is 22.1. The highest BCUT2D eigenvalue weighted by Gasteiger charge is 2.08. The van der Waals surface area contributed by atoms with Crippen LogP contribution < -0.4 is 0 Å². The average Bonchev–Trinajstić information content (AvgIpc) is 2.57. The van der Waals surface area contributed by atoms with Gasteiger partial charge in [-0.15, -0.1) is 0 Å². The van der Waals surface area contributed by atoms with Crippen molar-refractivity contribution in [2.45, 2.75) is 57.7 Å². The van der Waals surface area contributed by atoms with Gasteiger partial charge in [-0.3, -0.25) is 4.79 Å². The second-order valence-corrected chi connectivity index (χ2v) is 5.36. The molecule has 2 atom stereocenters.